The minimum absolute atomic E-state index is 0.0536. The lowest BCUT2D eigenvalue weighted by atomic mass is 10.2. The molecule has 8 nitrogen and oxygen atoms in total. The van der Waals surface area contributed by atoms with Gasteiger partial charge in [0.05, 0.1) is 11.4 Å². The molecule has 3 amide bonds. The number of ether oxygens (including phenoxy) is 2. The summed E-state index contributed by atoms with van der Waals surface area (Å²) in [6.45, 7) is 7.21. The van der Waals surface area contributed by atoms with Gasteiger partial charge in [-0.25, -0.2) is 4.79 Å². The predicted octanol–water partition coefficient (Wildman–Crippen LogP) is 3.87. The van der Waals surface area contributed by atoms with Gasteiger partial charge in [0.1, 0.15) is 11.4 Å². The predicted molar refractivity (Wildman–Crippen MR) is 119 cm³/mol. The molecule has 0 atom stereocenters. The quantitative estimate of drug-likeness (QED) is 0.593. The smallest absolute Gasteiger partial charge is 0.407 e. The highest BCUT2D eigenvalue weighted by molar-refractivity contribution is 6.00. The van der Waals surface area contributed by atoms with E-state index >= 15 is 0 Å². The van der Waals surface area contributed by atoms with Gasteiger partial charge in [-0.1, -0.05) is 29.8 Å². The zero-order valence-electron chi connectivity index (χ0n) is 18.3. The van der Waals surface area contributed by atoms with E-state index in [2.05, 4.69) is 16.0 Å². The average Bonchev–Trinajstić information content (AvgIpc) is 2.67. The van der Waals surface area contributed by atoms with Crippen LogP contribution in [0, 0.1) is 6.92 Å². The average molecular weight is 428 g/mol. The summed E-state index contributed by atoms with van der Waals surface area (Å²) in [5, 5.41) is 7.99. The number of hydrogen-bond donors (Lipinski definition) is 3. The standard InChI is InChI=1S/C23H29N3O5/c1-16-9-11-17(12-10-16)30-15-21(28)26-19-8-6-5-7-18(19)25-20(27)13-14-24-22(29)31-23(2,3)4/h5-12H,13-15H2,1-4H3,(H,24,29)(H,25,27)(H,26,28). The molecule has 0 fully saturated rings. The van der Waals surface area contributed by atoms with Crippen molar-refractivity contribution in [2.24, 2.45) is 0 Å². The molecule has 0 saturated heterocycles. The molecule has 0 aromatic heterocycles. The van der Waals surface area contributed by atoms with E-state index in [9.17, 15) is 14.4 Å². The van der Waals surface area contributed by atoms with E-state index in [1.165, 1.54) is 0 Å². The highest BCUT2D eigenvalue weighted by atomic mass is 16.6. The van der Waals surface area contributed by atoms with Crippen LogP contribution in [-0.2, 0) is 14.3 Å². The maximum atomic E-state index is 12.2. The van der Waals surface area contributed by atoms with Crippen molar-refractivity contribution < 1.29 is 23.9 Å². The lowest BCUT2D eigenvalue weighted by Gasteiger charge is -2.19. The molecule has 8 heteroatoms. The molecule has 0 spiro atoms. The Balaban J connectivity index is 1.82. The van der Waals surface area contributed by atoms with Gasteiger partial charge in [-0.15, -0.1) is 0 Å². The van der Waals surface area contributed by atoms with Crippen molar-refractivity contribution in [3.05, 3.63) is 54.1 Å². The second-order valence-corrected chi connectivity index (χ2v) is 7.92. The molecular weight excluding hydrogens is 398 g/mol. The Morgan fingerprint density at radius 3 is 2.03 bits per heavy atom. The Morgan fingerprint density at radius 1 is 0.871 bits per heavy atom. The summed E-state index contributed by atoms with van der Waals surface area (Å²) in [5.74, 6) is -0.0673. The number of nitrogens with one attached hydrogen (secondary N) is 3. The summed E-state index contributed by atoms with van der Waals surface area (Å²) < 4.78 is 10.6. The summed E-state index contributed by atoms with van der Waals surface area (Å²) in [4.78, 5) is 36.1. The third-order valence-corrected chi connectivity index (χ3v) is 3.89. The van der Waals surface area contributed by atoms with Gasteiger partial charge >= 0.3 is 6.09 Å². The SMILES string of the molecule is Cc1ccc(OCC(=O)Nc2ccccc2NC(=O)CCNC(=O)OC(C)(C)C)cc1. The first kappa shape index (κ1) is 23.7. The van der Waals surface area contributed by atoms with Crippen LogP contribution in [0.1, 0.15) is 32.8 Å². The maximum Gasteiger partial charge on any atom is 0.407 e. The zero-order valence-corrected chi connectivity index (χ0v) is 18.3. The van der Waals surface area contributed by atoms with Crippen molar-refractivity contribution in [3.8, 4) is 5.75 Å². The molecule has 0 aliphatic heterocycles. The van der Waals surface area contributed by atoms with Crippen LogP contribution in [0.4, 0.5) is 16.2 Å². The fraction of sp³-hybridized carbons (Fsp3) is 0.348. The topological polar surface area (TPSA) is 106 Å². The molecule has 0 aliphatic rings. The summed E-state index contributed by atoms with van der Waals surface area (Å²) in [7, 11) is 0. The van der Waals surface area contributed by atoms with Gasteiger partial charge in [0.25, 0.3) is 5.91 Å². The van der Waals surface area contributed by atoms with Crippen LogP contribution in [0.15, 0.2) is 48.5 Å². The normalized spacial score (nSPS) is 10.7. The van der Waals surface area contributed by atoms with Crippen molar-refractivity contribution in [3.63, 3.8) is 0 Å². The molecule has 2 aromatic rings. The van der Waals surface area contributed by atoms with E-state index in [1.54, 1.807) is 57.2 Å². The van der Waals surface area contributed by atoms with Crippen molar-refractivity contribution in [1.29, 1.82) is 0 Å². The van der Waals surface area contributed by atoms with Crippen molar-refractivity contribution >= 4 is 29.3 Å². The molecule has 0 unspecified atom stereocenters. The Bertz CT molecular complexity index is 904. The van der Waals surface area contributed by atoms with Crippen molar-refractivity contribution in [2.45, 2.75) is 39.7 Å². The van der Waals surface area contributed by atoms with E-state index in [1.807, 2.05) is 19.1 Å². The molecule has 166 valence electrons. The third kappa shape index (κ3) is 9.20. The van der Waals surface area contributed by atoms with Gasteiger partial charge in [0.15, 0.2) is 6.61 Å². The maximum absolute atomic E-state index is 12.2. The summed E-state index contributed by atoms with van der Waals surface area (Å²) in [6, 6.07) is 14.2. The van der Waals surface area contributed by atoms with Crippen LogP contribution in [0.25, 0.3) is 0 Å². The van der Waals surface area contributed by atoms with E-state index in [-0.39, 0.29) is 31.4 Å². The van der Waals surface area contributed by atoms with Gasteiger partial charge in [0, 0.05) is 13.0 Å². The fourth-order valence-electron chi connectivity index (χ4n) is 2.48. The molecular formula is C23H29N3O5. The number of amides is 3. The number of carbonyl (C=O) groups is 3. The number of aryl methyl sites for hydroxylation is 1. The molecule has 0 radical (unpaired) electrons. The first-order valence-electron chi connectivity index (χ1n) is 9.97. The molecule has 2 rings (SSSR count). The van der Waals surface area contributed by atoms with Crippen LogP contribution < -0.4 is 20.7 Å². The molecule has 0 heterocycles. The lowest BCUT2D eigenvalue weighted by Crippen LogP contribution is -2.34. The van der Waals surface area contributed by atoms with Crippen LogP contribution in [0.2, 0.25) is 0 Å². The van der Waals surface area contributed by atoms with Crippen molar-refractivity contribution in [1.82, 2.24) is 5.32 Å². The van der Waals surface area contributed by atoms with Crippen LogP contribution in [0.3, 0.4) is 0 Å². The zero-order chi connectivity index (χ0) is 22.9. The van der Waals surface area contributed by atoms with Gasteiger partial charge < -0.3 is 25.4 Å². The second kappa shape index (κ2) is 11.0. The second-order valence-electron chi connectivity index (χ2n) is 7.92. The van der Waals surface area contributed by atoms with Crippen LogP contribution >= 0.6 is 0 Å². The number of hydrogen-bond acceptors (Lipinski definition) is 5. The minimum atomic E-state index is -0.605. The number of benzene rings is 2. The lowest BCUT2D eigenvalue weighted by molar-refractivity contribution is -0.118. The molecule has 2 aromatic carbocycles. The fourth-order valence-corrected chi connectivity index (χ4v) is 2.48. The summed E-state index contributed by atoms with van der Waals surface area (Å²) >= 11 is 0. The number of anilines is 2. The summed E-state index contributed by atoms with van der Waals surface area (Å²) in [6.07, 6.45) is -0.528. The van der Waals surface area contributed by atoms with Crippen LogP contribution in [-0.4, -0.2) is 36.7 Å². The molecule has 0 saturated carbocycles. The van der Waals surface area contributed by atoms with Crippen molar-refractivity contribution in [2.75, 3.05) is 23.8 Å². The highest BCUT2D eigenvalue weighted by Gasteiger charge is 2.16. The number of carbonyl (C=O) groups excluding carboxylic acids is 3. The van der Waals surface area contributed by atoms with E-state index in [4.69, 9.17) is 9.47 Å². The van der Waals surface area contributed by atoms with E-state index < -0.39 is 11.7 Å². The number of rotatable bonds is 8. The monoisotopic (exact) mass is 427 g/mol. The molecule has 0 aliphatic carbocycles. The van der Waals surface area contributed by atoms with Crippen LogP contribution in [0.5, 0.6) is 5.75 Å². The summed E-state index contributed by atoms with van der Waals surface area (Å²) in [5.41, 5.74) is 1.40. The molecule has 3 N–H and O–H groups in total. The van der Waals surface area contributed by atoms with E-state index in [0.717, 1.165) is 5.56 Å². The van der Waals surface area contributed by atoms with E-state index in [0.29, 0.717) is 17.1 Å². The van der Waals surface area contributed by atoms with Gasteiger partial charge in [-0.2, -0.15) is 0 Å². The highest BCUT2D eigenvalue weighted by Crippen LogP contribution is 2.21. The van der Waals surface area contributed by atoms with Gasteiger partial charge in [-0.3, -0.25) is 9.59 Å². The number of para-hydroxylation sites is 2. The largest absolute Gasteiger partial charge is 0.484 e. The molecule has 0 bridgehead atoms. The molecule has 31 heavy (non-hydrogen) atoms. The Kier molecular flexibility index (Phi) is 8.43. The Hall–Kier alpha value is -3.55. The van der Waals surface area contributed by atoms with Gasteiger partial charge in [0.2, 0.25) is 5.91 Å². The van der Waals surface area contributed by atoms with Gasteiger partial charge in [-0.05, 0) is 52.0 Å². The minimum Gasteiger partial charge on any atom is -0.484 e. The first-order valence-corrected chi connectivity index (χ1v) is 9.97. The first-order chi connectivity index (χ1) is 14.6. The Morgan fingerprint density at radius 2 is 1.45 bits per heavy atom. The number of alkyl carbamates (subject to hydrolysis) is 1. The Labute approximate surface area is 182 Å². The third-order valence-electron chi connectivity index (χ3n) is 3.89.